The average Bonchev–Trinajstić information content (AvgIpc) is 3.17. The monoisotopic (exact) mass is 470 g/mol. The fraction of sp³-hybridized carbons (Fsp3) is 0.565. The zero-order chi connectivity index (χ0) is 22.1. The van der Waals surface area contributed by atoms with Crippen molar-refractivity contribution in [3.8, 4) is 0 Å². The quantitative estimate of drug-likeness (QED) is 0.266. The zero-order valence-electron chi connectivity index (χ0n) is 18.2. The van der Waals surface area contributed by atoms with Crippen molar-refractivity contribution < 1.29 is 9.53 Å². The maximum Gasteiger partial charge on any atom is 0.309 e. The molecule has 3 unspecified atom stereocenters. The Hall–Kier alpha value is -1.17. The average molecular weight is 471 g/mol. The van der Waals surface area contributed by atoms with Gasteiger partial charge in [0, 0.05) is 39.0 Å². The number of hydrogen-bond acceptors (Lipinski definition) is 4. The lowest BCUT2D eigenvalue weighted by molar-refractivity contribution is -0.148. The Labute approximate surface area is 194 Å². The maximum absolute atomic E-state index is 12.8. The number of imidazole rings is 1. The molecule has 0 aliphatic heterocycles. The van der Waals surface area contributed by atoms with Crippen molar-refractivity contribution >= 4 is 40.9 Å². The van der Waals surface area contributed by atoms with Crippen molar-refractivity contribution in [1.29, 1.82) is 0 Å². The summed E-state index contributed by atoms with van der Waals surface area (Å²) in [5.74, 6) is 1.18. The van der Waals surface area contributed by atoms with Crippen LogP contribution in [0, 0.1) is 17.8 Å². The molecule has 0 radical (unpaired) electrons. The Balaban J connectivity index is 2.25. The number of halogens is 2. The molecule has 0 saturated heterocycles. The predicted octanol–water partition coefficient (Wildman–Crippen LogP) is 7.06. The molecule has 1 heterocycles. The second-order valence-corrected chi connectivity index (χ2v) is 10.1. The van der Waals surface area contributed by atoms with Crippen molar-refractivity contribution in [3.63, 3.8) is 0 Å². The first-order valence-electron chi connectivity index (χ1n) is 10.6. The number of carbonyl (C=O) groups excluding carboxylic acids is 1. The van der Waals surface area contributed by atoms with E-state index in [2.05, 4.69) is 30.7 Å². The number of nitrogens with one attached hydrogen (secondary N) is 1. The van der Waals surface area contributed by atoms with E-state index < -0.39 is 0 Å². The molecule has 0 spiro atoms. The summed E-state index contributed by atoms with van der Waals surface area (Å²) in [6, 6.07) is 5.68. The molecule has 0 saturated carbocycles. The summed E-state index contributed by atoms with van der Waals surface area (Å²) in [4.78, 5) is 21.3. The minimum absolute atomic E-state index is 0.148. The fourth-order valence-corrected chi connectivity index (χ4v) is 6.11. The van der Waals surface area contributed by atoms with E-state index in [-0.39, 0.29) is 11.9 Å². The van der Waals surface area contributed by atoms with Gasteiger partial charge in [-0.2, -0.15) is 0 Å². The Morgan fingerprint density at radius 1 is 1.20 bits per heavy atom. The largest absolute Gasteiger partial charge is 0.466 e. The lowest BCUT2D eigenvalue weighted by Crippen LogP contribution is -2.30. The molecule has 1 N–H and O–H groups in total. The van der Waals surface area contributed by atoms with Crippen LogP contribution in [0.25, 0.3) is 0 Å². The van der Waals surface area contributed by atoms with E-state index in [4.69, 9.17) is 27.9 Å². The SMILES string of the molecule is CCCC(Sc1cc(Cl)cc(Cl)c1)C(CC(Cc1ncc[nH]1)C(=O)OCC)C(C)C. The molecule has 4 nitrogen and oxygen atoms in total. The van der Waals surface area contributed by atoms with Crippen LogP contribution in [-0.4, -0.2) is 27.8 Å². The molecule has 1 aromatic carbocycles. The van der Waals surface area contributed by atoms with Crippen molar-refractivity contribution in [2.45, 2.75) is 63.5 Å². The maximum atomic E-state index is 12.8. The van der Waals surface area contributed by atoms with Gasteiger partial charge in [-0.25, -0.2) is 4.98 Å². The van der Waals surface area contributed by atoms with E-state index in [1.165, 1.54) is 0 Å². The highest BCUT2D eigenvalue weighted by Gasteiger charge is 2.32. The summed E-state index contributed by atoms with van der Waals surface area (Å²) in [5, 5.41) is 1.63. The Kier molecular flexibility index (Phi) is 10.6. The van der Waals surface area contributed by atoms with Gasteiger partial charge in [-0.3, -0.25) is 4.79 Å². The van der Waals surface area contributed by atoms with Crippen LogP contribution in [0.15, 0.2) is 35.5 Å². The van der Waals surface area contributed by atoms with Crippen LogP contribution in [0.3, 0.4) is 0 Å². The van der Waals surface area contributed by atoms with E-state index in [1.807, 2.05) is 30.8 Å². The van der Waals surface area contributed by atoms with Gasteiger partial charge in [-0.05, 0) is 49.8 Å². The molecule has 166 valence electrons. The molecule has 0 bridgehead atoms. The number of thioether (sulfide) groups is 1. The second-order valence-electron chi connectivity index (χ2n) is 7.88. The number of ether oxygens (including phenoxy) is 1. The third-order valence-corrected chi connectivity index (χ3v) is 7.03. The van der Waals surface area contributed by atoms with Crippen LogP contribution < -0.4 is 0 Å². The molecule has 30 heavy (non-hydrogen) atoms. The summed E-state index contributed by atoms with van der Waals surface area (Å²) in [6.45, 7) is 8.89. The van der Waals surface area contributed by atoms with Gasteiger partial charge in [0.1, 0.15) is 5.82 Å². The molecule has 0 amide bonds. The van der Waals surface area contributed by atoms with Crippen molar-refractivity contribution in [2.24, 2.45) is 17.8 Å². The minimum Gasteiger partial charge on any atom is -0.466 e. The predicted molar refractivity (Wildman–Crippen MR) is 126 cm³/mol. The Bertz CT molecular complexity index is 763. The summed E-state index contributed by atoms with van der Waals surface area (Å²) >= 11 is 14.3. The molecular formula is C23H32Cl2N2O2S. The molecule has 7 heteroatoms. The van der Waals surface area contributed by atoms with E-state index >= 15 is 0 Å². The summed E-state index contributed by atoms with van der Waals surface area (Å²) in [5.41, 5.74) is 0. The third kappa shape index (κ3) is 7.82. The molecule has 0 aliphatic rings. The number of rotatable bonds is 12. The number of esters is 1. The molecule has 1 aromatic heterocycles. The number of nitrogens with zero attached hydrogens (tertiary/aromatic N) is 1. The molecule has 3 atom stereocenters. The number of H-pyrrole nitrogens is 1. The first-order chi connectivity index (χ1) is 14.3. The van der Waals surface area contributed by atoms with Gasteiger partial charge in [0.2, 0.25) is 0 Å². The topological polar surface area (TPSA) is 55.0 Å². The standard InChI is InChI=1S/C23H32Cl2N2O2S/c1-5-7-21(30-19-13-17(24)12-18(25)14-19)20(15(3)4)10-16(23(28)29-6-2)11-22-26-8-9-27-22/h8-9,12-16,20-21H,5-7,10-11H2,1-4H3,(H,26,27). The van der Waals surface area contributed by atoms with Gasteiger partial charge in [0.05, 0.1) is 12.5 Å². The van der Waals surface area contributed by atoms with Crippen LogP contribution in [0.5, 0.6) is 0 Å². The van der Waals surface area contributed by atoms with Crippen molar-refractivity contribution in [2.75, 3.05) is 6.61 Å². The van der Waals surface area contributed by atoms with Crippen LogP contribution in [0.4, 0.5) is 0 Å². The highest BCUT2D eigenvalue weighted by Crippen LogP contribution is 2.40. The van der Waals surface area contributed by atoms with E-state index in [1.54, 1.807) is 18.5 Å². The summed E-state index contributed by atoms with van der Waals surface area (Å²) in [6.07, 6.45) is 6.93. The second kappa shape index (κ2) is 12.6. The van der Waals surface area contributed by atoms with Crippen molar-refractivity contribution in [3.05, 3.63) is 46.5 Å². The lowest BCUT2D eigenvalue weighted by atomic mass is 9.81. The normalized spacial score (nSPS) is 14.5. The lowest BCUT2D eigenvalue weighted by Gasteiger charge is -2.32. The molecule has 0 aliphatic carbocycles. The van der Waals surface area contributed by atoms with E-state index in [0.717, 1.165) is 30.0 Å². The van der Waals surface area contributed by atoms with Crippen LogP contribution in [0.2, 0.25) is 10.0 Å². The summed E-state index contributed by atoms with van der Waals surface area (Å²) < 4.78 is 5.40. The van der Waals surface area contributed by atoms with Crippen molar-refractivity contribution in [1.82, 2.24) is 9.97 Å². The smallest absolute Gasteiger partial charge is 0.309 e. The number of aromatic amines is 1. The number of benzene rings is 1. The van der Waals surface area contributed by atoms with E-state index in [9.17, 15) is 4.79 Å². The van der Waals surface area contributed by atoms with Gasteiger partial charge < -0.3 is 9.72 Å². The van der Waals surface area contributed by atoms with Crippen LogP contribution in [-0.2, 0) is 16.0 Å². The highest BCUT2D eigenvalue weighted by molar-refractivity contribution is 8.00. The number of aromatic nitrogens is 2. The Morgan fingerprint density at radius 2 is 1.90 bits per heavy atom. The first kappa shape index (κ1) is 25.1. The zero-order valence-corrected chi connectivity index (χ0v) is 20.5. The van der Waals surface area contributed by atoms with Gasteiger partial charge >= 0.3 is 5.97 Å². The fourth-order valence-electron chi connectivity index (χ4n) is 3.76. The van der Waals surface area contributed by atoms with Crippen LogP contribution >= 0.6 is 35.0 Å². The number of carbonyl (C=O) groups is 1. The van der Waals surface area contributed by atoms with Gasteiger partial charge in [0.15, 0.2) is 0 Å². The summed E-state index contributed by atoms with van der Waals surface area (Å²) in [7, 11) is 0. The Morgan fingerprint density at radius 3 is 2.43 bits per heavy atom. The van der Waals surface area contributed by atoms with Gasteiger partial charge in [-0.1, -0.05) is 50.4 Å². The number of hydrogen-bond donors (Lipinski definition) is 1. The molecule has 2 rings (SSSR count). The van der Waals surface area contributed by atoms with Gasteiger partial charge in [-0.15, -0.1) is 11.8 Å². The molecular weight excluding hydrogens is 439 g/mol. The van der Waals surface area contributed by atoms with E-state index in [0.29, 0.717) is 40.2 Å². The molecule has 0 fully saturated rings. The molecule has 2 aromatic rings. The minimum atomic E-state index is -0.230. The first-order valence-corrected chi connectivity index (χ1v) is 12.2. The van der Waals surface area contributed by atoms with Gasteiger partial charge in [0.25, 0.3) is 0 Å². The highest BCUT2D eigenvalue weighted by atomic mass is 35.5. The third-order valence-electron chi connectivity index (χ3n) is 5.20. The van der Waals surface area contributed by atoms with Crippen LogP contribution in [0.1, 0.15) is 52.8 Å².